The number of carbonyl (C=O) groups excluding carboxylic acids is 1. The number of piperidine rings is 1. The second-order valence-corrected chi connectivity index (χ2v) is 13.0. The Balaban J connectivity index is 1.67. The number of hydrogen-bond acceptors (Lipinski definition) is 7. The van der Waals surface area contributed by atoms with Crippen molar-refractivity contribution in [3.05, 3.63) is 78.3 Å². The number of pyridine rings is 1. The molecule has 1 unspecified atom stereocenters. The van der Waals surface area contributed by atoms with Crippen LogP contribution in [0.25, 0.3) is 11.8 Å². The molecule has 2 fully saturated rings. The number of para-hydroxylation sites is 1. The van der Waals surface area contributed by atoms with E-state index in [2.05, 4.69) is 24.8 Å². The Morgan fingerprint density at radius 2 is 1.86 bits per heavy atom. The molecule has 1 aromatic carbocycles. The normalized spacial score (nSPS) is 18.1. The molecule has 0 radical (unpaired) electrons. The Hall–Kier alpha value is -3.88. The van der Waals surface area contributed by atoms with Gasteiger partial charge in [0.05, 0.1) is 16.3 Å². The Kier molecular flexibility index (Phi) is 8.81. The van der Waals surface area contributed by atoms with E-state index in [4.69, 9.17) is 12.2 Å². The van der Waals surface area contributed by atoms with Gasteiger partial charge in [0.2, 0.25) is 0 Å². The molecule has 2 aliphatic rings. The molecule has 0 N–H and O–H groups in total. The van der Waals surface area contributed by atoms with Crippen LogP contribution in [-0.2, 0) is 18.4 Å². The smallest absolute Gasteiger partial charge is 0.296 e. The maximum absolute atomic E-state index is 14.1. The third kappa shape index (κ3) is 5.38. The minimum absolute atomic E-state index is 0.0799. The lowest BCUT2D eigenvalue weighted by atomic mass is 9.98. The summed E-state index contributed by atoms with van der Waals surface area (Å²) in [6.07, 6.45) is 5.54. The van der Waals surface area contributed by atoms with Crippen molar-refractivity contribution in [3.63, 3.8) is 0 Å². The van der Waals surface area contributed by atoms with Crippen molar-refractivity contribution in [1.82, 2.24) is 13.9 Å². The van der Waals surface area contributed by atoms with Gasteiger partial charge in [0, 0.05) is 32.2 Å². The van der Waals surface area contributed by atoms with Crippen LogP contribution in [0.2, 0.25) is 0 Å². The standard InChI is InChI=1S/C32H36N6O3S2/c1-6-7-16-36-28(35-15-11-12-20(2)19-35)24(21(3)25(18-33)29(36)39)17-26-30(40)37(32(42)43-26)27-22(4)34(5)38(31(27)41)23-13-9-8-10-14-23/h8-10,13-14,17,20H,6-7,11-12,15-16,19H2,1-5H3/b26-17-. The molecule has 3 aromatic rings. The molecule has 9 nitrogen and oxygen atoms in total. The van der Waals surface area contributed by atoms with E-state index >= 15 is 0 Å². The summed E-state index contributed by atoms with van der Waals surface area (Å²) in [7, 11) is 1.78. The highest BCUT2D eigenvalue weighted by molar-refractivity contribution is 8.27. The SMILES string of the molecule is CCCCn1c(N2CCCC(C)C2)c(/C=C2\SC(=S)N(c3c(C)n(C)n(-c4ccccc4)c3=O)C2=O)c(C)c(C#N)c1=O. The van der Waals surface area contributed by atoms with E-state index < -0.39 is 5.91 Å². The number of aromatic nitrogens is 3. The van der Waals surface area contributed by atoms with Crippen molar-refractivity contribution < 1.29 is 4.79 Å². The molecular weight excluding hydrogens is 581 g/mol. The summed E-state index contributed by atoms with van der Waals surface area (Å²) in [5, 5.41) is 10.0. The molecule has 2 aromatic heterocycles. The van der Waals surface area contributed by atoms with E-state index in [9.17, 15) is 19.6 Å². The monoisotopic (exact) mass is 616 g/mol. The number of nitriles is 1. The van der Waals surface area contributed by atoms with Crippen LogP contribution in [0.1, 0.15) is 61.9 Å². The highest BCUT2D eigenvalue weighted by Crippen LogP contribution is 2.39. The van der Waals surface area contributed by atoms with Crippen LogP contribution in [0.5, 0.6) is 0 Å². The molecule has 0 spiro atoms. The lowest BCUT2D eigenvalue weighted by Gasteiger charge is -2.36. The van der Waals surface area contributed by atoms with Gasteiger partial charge < -0.3 is 4.90 Å². The zero-order chi connectivity index (χ0) is 31.0. The number of rotatable bonds is 7. The van der Waals surface area contributed by atoms with Gasteiger partial charge in [-0.1, -0.05) is 62.4 Å². The summed E-state index contributed by atoms with van der Waals surface area (Å²) >= 11 is 6.82. The lowest BCUT2D eigenvalue weighted by Crippen LogP contribution is -2.40. The first kappa shape index (κ1) is 30.6. The summed E-state index contributed by atoms with van der Waals surface area (Å²) in [4.78, 5) is 45.3. The van der Waals surface area contributed by atoms with Gasteiger partial charge in [0.15, 0.2) is 4.32 Å². The fourth-order valence-corrected chi connectivity index (χ4v) is 7.25. The van der Waals surface area contributed by atoms with Gasteiger partial charge in [0.25, 0.3) is 17.0 Å². The fourth-order valence-electron chi connectivity index (χ4n) is 5.99. The van der Waals surface area contributed by atoms with E-state index in [0.717, 1.165) is 56.4 Å². The predicted molar refractivity (Wildman–Crippen MR) is 177 cm³/mol. The summed E-state index contributed by atoms with van der Waals surface area (Å²) < 4.78 is 5.22. The average Bonchev–Trinajstić information content (AvgIpc) is 3.38. The number of amides is 1. The zero-order valence-corrected chi connectivity index (χ0v) is 26.8. The van der Waals surface area contributed by atoms with E-state index in [1.54, 1.807) is 36.2 Å². The maximum Gasteiger partial charge on any atom is 0.296 e. The lowest BCUT2D eigenvalue weighted by molar-refractivity contribution is -0.113. The number of unbranched alkanes of at least 4 members (excludes halogenated alkanes) is 1. The first-order valence-electron chi connectivity index (χ1n) is 14.6. The van der Waals surface area contributed by atoms with Crippen molar-refractivity contribution in [2.45, 2.75) is 59.9 Å². The Bertz CT molecular complexity index is 1790. The molecule has 0 bridgehead atoms. The van der Waals surface area contributed by atoms with Gasteiger partial charge in [-0.25, -0.2) is 4.68 Å². The number of nitrogens with zero attached hydrogens (tertiary/aromatic N) is 6. The van der Waals surface area contributed by atoms with Crippen LogP contribution in [-0.4, -0.2) is 37.2 Å². The number of thiocarbonyl (C=S) groups is 1. The predicted octanol–water partition coefficient (Wildman–Crippen LogP) is 5.27. The topological polar surface area (TPSA) is 96.3 Å². The van der Waals surface area contributed by atoms with E-state index in [0.29, 0.717) is 39.9 Å². The number of hydrogen-bond donors (Lipinski definition) is 0. The molecule has 5 rings (SSSR count). The second kappa shape index (κ2) is 12.4. The van der Waals surface area contributed by atoms with Crippen LogP contribution in [0.3, 0.4) is 0 Å². The third-order valence-electron chi connectivity index (χ3n) is 8.35. The Labute approximate surface area is 261 Å². The van der Waals surface area contributed by atoms with Crippen LogP contribution in [0.4, 0.5) is 11.5 Å². The number of anilines is 2. The maximum atomic E-state index is 14.1. The molecule has 0 aliphatic carbocycles. The molecule has 2 aliphatic heterocycles. The minimum atomic E-state index is -0.400. The fraction of sp³-hybridized carbons (Fsp3) is 0.406. The van der Waals surface area contributed by atoms with Crippen molar-refractivity contribution in [2.75, 3.05) is 22.9 Å². The molecule has 1 amide bonds. The summed E-state index contributed by atoms with van der Waals surface area (Å²) in [5.41, 5.74) is 2.15. The Morgan fingerprint density at radius 3 is 2.51 bits per heavy atom. The van der Waals surface area contributed by atoms with Gasteiger partial charge in [-0.15, -0.1) is 0 Å². The average molecular weight is 617 g/mol. The minimum Gasteiger partial charge on any atom is -0.357 e. The molecule has 224 valence electrons. The number of carbonyl (C=O) groups is 1. The van der Waals surface area contributed by atoms with E-state index in [1.807, 2.05) is 30.3 Å². The molecule has 4 heterocycles. The summed E-state index contributed by atoms with van der Waals surface area (Å²) in [6, 6.07) is 11.4. The van der Waals surface area contributed by atoms with Gasteiger partial charge in [-0.2, -0.15) is 5.26 Å². The summed E-state index contributed by atoms with van der Waals surface area (Å²) in [5.74, 6) is 0.788. The van der Waals surface area contributed by atoms with Crippen LogP contribution >= 0.6 is 24.0 Å². The van der Waals surface area contributed by atoms with Gasteiger partial charge in [0.1, 0.15) is 23.1 Å². The van der Waals surface area contributed by atoms with Crippen molar-refractivity contribution in [2.24, 2.45) is 13.0 Å². The summed E-state index contributed by atoms with van der Waals surface area (Å²) in [6.45, 7) is 9.87. The zero-order valence-electron chi connectivity index (χ0n) is 25.2. The largest absolute Gasteiger partial charge is 0.357 e. The quantitative estimate of drug-likeness (QED) is 0.264. The van der Waals surface area contributed by atoms with Gasteiger partial charge >= 0.3 is 0 Å². The van der Waals surface area contributed by atoms with Crippen LogP contribution in [0, 0.1) is 31.1 Å². The number of benzene rings is 1. The highest BCUT2D eigenvalue weighted by Gasteiger charge is 2.38. The first-order valence-corrected chi connectivity index (χ1v) is 15.9. The Morgan fingerprint density at radius 1 is 1.14 bits per heavy atom. The van der Waals surface area contributed by atoms with Crippen LogP contribution < -0.4 is 20.9 Å². The molecule has 43 heavy (non-hydrogen) atoms. The van der Waals surface area contributed by atoms with Crippen molar-refractivity contribution in [3.8, 4) is 11.8 Å². The molecule has 2 saturated heterocycles. The highest BCUT2D eigenvalue weighted by atomic mass is 32.2. The molecule has 1 atom stereocenters. The molecular formula is C32H36N6O3S2. The van der Waals surface area contributed by atoms with E-state index in [1.165, 1.54) is 9.58 Å². The van der Waals surface area contributed by atoms with E-state index in [-0.39, 0.29) is 26.7 Å². The second-order valence-electron chi connectivity index (χ2n) is 11.3. The van der Waals surface area contributed by atoms with Crippen LogP contribution in [0.15, 0.2) is 44.8 Å². The number of thioether (sulfide) groups is 1. The van der Waals surface area contributed by atoms with Gasteiger partial charge in [-0.05, 0) is 62.8 Å². The molecule has 0 saturated carbocycles. The van der Waals surface area contributed by atoms with Crippen molar-refractivity contribution >= 4 is 51.8 Å². The molecule has 11 heteroatoms. The third-order valence-corrected chi connectivity index (χ3v) is 9.66. The first-order chi connectivity index (χ1) is 20.6. The van der Waals surface area contributed by atoms with Gasteiger partial charge in [-0.3, -0.25) is 28.5 Å². The van der Waals surface area contributed by atoms with Crippen molar-refractivity contribution in [1.29, 1.82) is 5.26 Å².